The Hall–Kier alpha value is -1.95. The first kappa shape index (κ1) is 17.9. The number of hydrogen-bond acceptors (Lipinski definition) is 4. The zero-order valence-electron chi connectivity index (χ0n) is 12.4. The first-order valence-corrected chi connectivity index (χ1v) is 8.82. The fourth-order valence-electron chi connectivity index (χ4n) is 2.36. The minimum absolute atomic E-state index is 0.0157. The molecule has 2 aromatic carbocycles. The van der Waals surface area contributed by atoms with Gasteiger partial charge in [-0.1, -0.05) is 23.2 Å². The van der Waals surface area contributed by atoms with Crippen molar-refractivity contribution in [2.24, 2.45) is 0 Å². The summed E-state index contributed by atoms with van der Waals surface area (Å²) in [6.07, 6.45) is 0. The van der Waals surface area contributed by atoms with E-state index in [1.54, 1.807) is 18.2 Å². The number of carbonyl (C=O) groups excluding carboxylic acids is 1. The van der Waals surface area contributed by atoms with Crippen LogP contribution in [0.3, 0.4) is 0 Å². The third-order valence-corrected chi connectivity index (χ3v) is 4.77. The molecule has 25 heavy (non-hydrogen) atoms. The van der Waals surface area contributed by atoms with Crippen LogP contribution < -0.4 is 5.56 Å². The number of ketones is 1. The van der Waals surface area contributed by atoms with Crippen LogP contribution in [-0.2, 0) is 0 Å². The zero-order valence-corrected chi connectivity index (χ0v) is 16.1. The van der Waals surface area contributed by atoms with Crippen molar-refractivity contribution in [2.45, 2.75) is 5.92 Å². The van der Waals surface area contributed by atoms with Crippen LogP contribution >= 0.6 is 45.8 Å². The van der Waals surface area contributed by atoms with E-state index in [1.807, 2.05) is 6.07 Å². The molecule has 0 aliphatic heterocycles. The summed E-state index contributed by atoms with van der Waals surface area (Å²) in [6.45, 7) is 0. The third kappa shape index (κ3) is 3.54. The molecule has 0 aliphatic carbocycles. The minimum atomic E-state index is -1.28. The Morgan fingerprint density at radius 3 is 2.68 bits per heavy atom. The van der Waals surface area contributed by atoms with E-state index in [-0.39, 0.29) is 16.4 Å². The second-order valence-electron chi connectivity index (χ2n) is 5.16. The smallest absolute Gasteiger partial charge is 0.258 e. The van der Waals surface area contributed by atoms with Gasteiger partial charge < -0.3 is 4.98 Å². The van der Waals surface area contributed by atoms with E-state index in [1.165, 1.54) is 18.2 Å². The number of nitrogens with zero attached hydrogens (tertiary/aromatic N) is 2. The van der Waals surface area contributed by atoms with Crippen molar-refractivity contribution in [1.82, 2.24) is 9.97 Å². The largest absolute Gasteiger partial charge is 0.308 e. The van der Waals surface area contributed by atoms with Crippen LogP contribution in [-0.4, -0.2) is 15.8 Å². The summed E-state index contributed by atoms with van der Waals surface area (Å²) >= 11 is 14.0. The van der Waals surface area contributed by atoms with Gasteiger partial charge in [0, 0.05) is 14.2 Å². The second kappa shape index (κ2) is 7.12. The molecule has 8 heteroatoms. The van der Waals surface area contributed by atoms with Gasteiger partial charge in [-0.15, -0.1) is 0 Å². The van der Waals surface area contributed by atoms with Crippen LogP contribution in [0.5, 0.6) is 0 Å². The molecule has 1 unspecified atom stereocenters. The monoisotopic (exact) mass is 483 g/mol. The van der Waals surface area contributed by atoms with E-state index in [9.17, 15) is 14.9 Å². The van der Waals surface area contributed by atoms with Gasteiger partial charge in [-0.3, -0.25) is 9.59 Å². The molecule has 0 saturated carbocycles. The lowest BCUT2D eigenvalue weighted by Gasteiger charge is -2.10. The van der Waals surface area contributed by atoms with Gasteiger partial charge in [0.2, 0.25) is 0 Å². The van der Waals surface area contributed by atoms with Crippen molar-refractivity contribution in [1.29, 1.82) is 5.26 Å². The maximum atomic E-state index is 12.7. The molecule has 0 aliphatic rings. The minimum Gasteiger partial charge on any atom is -0.308 e. The number of aromatic amines is 1. The first-order valence-electron chi connectivity index (χ1n) is 6.99. The lowest BCUT2D eigenvalue weighted by Crippen LogP contribution is -2.20. The molecule has 0 radical (unpaired) electrons. The lowest BCUT2D eigenvalue weighted by molar-refractivity contribution is 0.0976. The molecular formula is C17H8Cl2IN3O2. The van der Waals surface area contributed by atoms with Gasteiger partial charge >= 0.3 is 0 Å². The highest BCUT2D eigenvalue weighted by Gasteiger charge is 2.26. The molecule has 0 amide bonds. The van der Waals surface area contributed by atoms with Gasteiger partial charge in [-0.2, -0.15) is 5.26 Å². The number of Topliss-reactive ketones (excluding diaryl/α,β-unsaturated/α-hetero) is 1. The summed E-state index contributed by atoms with van der Waals surface area (Å²) in [6, 6.07) is 11.4. The van der Waals surface area contributed by atoms with Crippen LogP contribution in [0.25, 0.3) is 10.9 Å². The average Bonchev–Trinajstić information content (AvgIpc) is 2.55. The molecule has 0 saturated heterocycles. The Bertz CT molecular complexity index is 1110. The number of halogens is 3. The van der Waals surface area contributed by atoms with Crippen LogP contribution in [0.15, 0.2) is 41.2 Å². The van der Waals surface area contributed by atoms with E-state index in [2.05, 4.69) is 32.6 Å². The number of carbonyl (C=O) groups is 1. The Labute approximate surface area is 165 Å². The molecular weight excluding hydrogens is 476 g/mol. The van der Waals surface area contributed by atoms with Crippen molar-refractivity contribution in [3.05, 3.63) is 71.8 Å². The van der Waals surface area contributed by atoms with Gasteiger partial charge in [-0.25, -0.2) is 4.98 Å². The summed E-state index contributed by atoms with van der Waals surface area (Å²) in [5.41, 5.74) is 0.149. The maximum Gasteiger partial charge on any atom is 0.258 e. The predicted molar refractivity (Wildman–Crippen MR) is 104 cm³/mol. The lowest BCUT2D eigenvalue weighted by atomic mass is 9.98. The Kier molecular flexibility index (Phi) is 5.08. The quantitative estimate of drug-likeness (QED) is 0.444. The van der Waals surface area contributed by atoms with Crippen LogP contribution in [0.2, 0.25) is 10.0 Å². The molecule has 0 bridgehead atoms. The van der Waals surface area contributed by atoms with E-state index >= 15 is 0 Å². The van der Waals surface area contributed by atoms with Crippen LogP contribution in [0.1, 0.15) is 22.1 Å². The molecule has 1 atom stereocenters. The topological polar surface area (TPSA) is 86.6 Å². The molecule has 3 aromatic rings. The Balaban J connectivity index is 2.12. The van der Waals surface area contributed by atoms with E-state index < -0.39 is 17.3 Å². The van der Waals surface area contributed by atoms with Crippen molar-refractivity contribution in [3.63, 3.8) is 0 Å². The predicted octanol–water partition coefficient (Wildman–Crippen LogP) is 4.32. The SMILES string of the molecule is N#CC(C(=O)c1ccc(Cl)cc1Cl)c1nc2cc(I)ccc2c(=O)[nH]1. The highest BCUT2D eigenvalue weighted by molar-refractivity contribution is 14.1. The van der Waals surface area contributed by atoms with Crippen LogP contribution in [0, 0.1) is 14.9 Å². The summed E-state index contributed by atoms with van der Waals surface area (Å²) in [5.74, 6) is -1.86. The average molecular weight is 484 g/mol. The summed E-state index contributed by atoms with van der Waals surface area (Å²) in [5, 5.41) is 10.4. The number of aromatic nitrogens is 2. The molecule has 1 N–H and O–H groups in total. The number of nitriles is 1. The molecule has 0 fully saturated rings. The number of fused-ring (bicyclic) bond motifs is 1. The molecule has 0 spiro atoms. The molecule has 3 rings (SSSR count). The van der Waals surface area contributed by atoms with Gasteiger partial charge in [0.05, 0.1) is 22.0 Å². The normalized spacial score (nSPS) is 11.9. The highest BCUT2D eigenvalue weighted by atomic mass is 127. The third-order valence-electron chi connectivity index (χ3n) is 3.55. The number of rotatable bonds is 3. The highest BCUT2D eigenvalue weighted by Crippen LogP contribution is 2.26. The fraction of sp³-hybridized carbons (Fsp3) is 0.0588. The van der Waals surface area contributed by atoms with Gasteiger partial charge in [0.15, 0.2) is 11.7 Å². The summed E-state index contributed by atoms with van der Waals surface area (Å²) in [7, 11) is 0. The van der Waals surface area contributed by atoms with Crippen molar-refractivity contribution in [2.75, 3.05) is 0 Å². The Morgan fingerprint density at radius 1 is 1.24 bits per heavy atom. The van der Waals surface area contributed by atoms with Crippen molar-refractivity contribution in [3.8, 4) is 6.07 Å². The molecule has 124 valence electrons. The second-order valence-corrected chi connectivity index (χ2v) is 7.25. The maximum absolute atomic E-state index is 12.7. The number of nitrogens with one attached hydrogen (secondary N) is 1. The molecule has 1 heterocycles. The number of hydrogen-bond donors (Lipinski definition) is 1. The van der Waals surface area contributed by atoms with Gasteiger partial charge in [0.25, 0.3) is 5.56 Å². The van der Waals surface area contributed by atoms with E-state index in [0.717, 1.165) is 3.57 Å². The standard InChI is InChI=1S/C17H8Cl2IN3O2/c18-8-1-3-10(13(19)5-8)15(24)12(7-21)16-22-14-6-9(20)2-4-11(14)17(25)23-16/h1-6,12H,(H,22,23,25). The van der Waals surface area contributed by atoms with E-state index in [4.69, 9.17) is 23.2 Å². The molecule has 5 nitrogen and oxygen atoms in total. The Morgan fingerprint density at radius 2 is 2.00 bits per heavy atom. The van der Waals surface area contributed by atoms with Crippen LogP contribution in [0.4, 0.5) is 0 Å². The zero-order chi connectivity index (χ0) is 18.1. The summed E-state index contributed by atoms with van der Waals surface area (Å²) in [4.78, 5) is 31.8. The number of benzene rings is 2. The van der Waals surface area contributed by atoms with Gasteiger partial charge in [0.1, 0.15) is 5.82 Å². The first-order chi connectivity index (χ1) is 11.9. The van der Waals surface area contributed by atoms with Crippen molar-refractivity contribution >= 4 is 62.5 Å². The molecule has 1 aromatic heterocycles. The fourth-order valence-corrected chi connectivity index (χ4v) is 3.33. The number of H-pyrrole nitrogens is 1. The summed E-state index contributed by atoms with van der Waals surface area (Å²) < 4.78 is 0.884. The van der Waals surface area contributed by atoms with Crippen molar-refractivity contribution < 1.29 is 4.79 Å². The van der Waals surface area contributed by atoms with E-state index in [0.29, 0.717) is 15.9 Å². The van der Waals surface area contributed by atoms with Gasteiger partial charge in [-0.05, 0) is 59.0 Å².